The van der Waals surface area contributed by atoms with Crippen LogP contribution in [0.3, 0.4) is 0 Å². The van der Waals surface area contributed by atoms with Gasteiger partial charge in [0.25, 0.3) is 17.7 Å². The Bertz CT molecular complexity index is 800. The summed E-state index contributed by atoms with van der Waals surface area (Å²) < 4.78 is 1.04. The molecule has 1 aliphatic heterocycles. The number of hydrogen-bond acceptors (Lipinski definition) is 3. The number of benzene rings is 2. The maximum absolute atomic E-state index is 12.2. The summed E-state index contributed by atoms with van der Waals surface area (Å²) in [4.78, 5) is 37.0. The molecule has 3 amide bonds. The van der Waals surface area contributed by atoms with Crippen LogP contribution in [-0.4, -0.2) is 29.7 Å². The molecule has 0 radical (unpaired) electrons. The van der Waals surface area contributed by atoms with Gasteiger partial charge < -0.3 is 5.32 Å². The van der Waals surface area contributed by atoms with Gasteiger partial charge in [-0.05, 0) is 65.1 Å². The van der Waals surface area contributed by atoms with Crippen molar-refractivity contribution < 1.29 is 14.4 Å². The molecule has 2 aromatic carbocycles. The third-order valence-corrected chi connectivity index (χ3v) is 4.17. The quantitative estimate of drug-likeness (QED) is 0.616. The Morgan fingerprint density at radius 3 is 2.32 bits per heavy atom. The van der Waals surface area contributed by atoms with Gasteiger partial charge in [0, 0.05) is 21.9 Å². The number of anilines is 1. The number of hydrogen-bond donors (Lipinski definition) is 1. The van der Waals surface area contributed by atoms with E-state index in [2.05, 4.69) is 27.9 Å². The summed E-state index contributed by atoms with van der Waals surface area (Å²) in [6.07, 6.45) is 0. The number of halogens is 1. The third kappa shape index (κ3) is 2.50. The number of nitrogens with zero attached hydrogens (tertiary/aromatic N) is 1. The molecule has 5 nitrogen and oxygen atoms in total. The fourth-order valence-electron chi connectivity index (χ4n) is 2.24. The Kier molecular flexibility index (Phi) is 3.69. The number of nitrogens with one attached hydrogen (secondary N) is 1. The molecule has 3 rings (SSSR count). The van der Waals surface area contributed by atoms with Gasteiger partial charge in [-0.3, -0.25) is 19.3 Å². The van der Waals surface area contributed by atoms with E-state index < -0.39 is 0 Å². The van der Waals surface area contributed by atoms with Gasteiger partial charge in [-0.1, -0.05) is 0 Å². The van der Waals surface area contributed by atoms with Crippen molar-refractivity contribution in [3.63, 3.8) is 0 Å². The molecule has 110 valence electrons. The monoisotopic (exact) mass is 406 g/mol. The van der Waals surface area contributed by atoms with Crippen molar-refractivity contribution in [2.24, 2.45) is 0 Å². The second-order valence-electron chi connectivity index (χ2n) is 4.89. The molecule has 6 heteroatoms. The zero-order valence-electron chi connectivity index (χ0n) is 11.6. The second kappa shape index (κ2) is 5.53. The Morgan fingerprint density at radius 1 is 1.00 bits per heavy atom. The highest BCUT2D eigenvalue weighted by molar-refractivity contribution is 14.1. The van der Waals surface area contributed by atoms with Crippen LogP contribution in [0.25, 0.3) is 0 Å². The summed E-state index contributed by atoms with van der Waals surface area (Å²) in [7, 11) is 1.44. The molecule has 0 spiro atoms. The first-order chi connectivity index (χ1) is 10.5. The highest BCUT2D eigenvalue weighted by Crippen LogP contribution is 2.25. The van der Waals surface area contributed by atoms with Crippen LogP contribution in [0.2, 0.25) is 0 Å². The molecule has 0 saturated carbocycles. The van der Waals surface area contributed by atoms with Crippen LogP contribution in [0.15, 0.2) is 42.5 Å². The fraction of sp³-hybridized carbons (Fsp3) is 0.0625. The van der Waals surface area contributed by atoms with Crippen molar-refractivity contribution in [2.75, 3.05) is 12.4 Å². The van der Waals surface area contributed by atoms with Crippen LogP contribution in [0, 0.1) is 3.57 Å². The highest BCUT2D eigenvalue weighted by Gasteiger charge is 2.32. The molecule has 0 unspecified atom stereocenters. The number of rotatable bonds is 2. The molecule has 2 aromatic rings. The minimum Gasteiger partial charge on any atom is -0.322 e. The van der Waals surface area contributed by atoms with E-state index in [0.717, 1.165) is 8.47 Å². The molecule has 0 aliphatic carbocycles. The molecule has 1 aliphatic rings. The zero-order chi connectivity index (χ0) is 15.9. The summed E-state index contributed by atoms with van der Waals surface area (Å²) in [6, 6.07) is 11.9. The predicted octanol–water partition coefficient (Wildman–Crippen LogP) is 2.77. The molecule has 0 bridgehead atoms. The molecule has 1 N–H and O–H groups in total. The standard InChI is InChI=1S/C16H11IN2O3/c1-19-15(21)12-7-6-11(8-13(12)16(19)22)18-14(20)9-2-4-10(17)5-3-9/h2-8H,1H3,(H,18,20). The molecule has 0 aromatic heterocycles. The number of imide groups is 1. The van der Waals surface area contributed by atoms with Crippen LogP contribution >= 0.6 is 22.6 Å². The zero-order valence-corrected chi connectivity index (χ0v) is 13.7. The van der Waals surface area contributed by atoms with Gasteiger partial charge in [-0.15, -0.1) is 0 Å². The molecule has 1 heterocycles. The molecular formula is C16H11IN2O3. The van der Waals surface area contributed by atoms with E-state index in [0.29, 0.717) is 22.4 Å². The lowest BCUT2D eigenvalue weighted by Crippen LogP contribution is -2.24. The number of amides is 3. The molecule has 0 saturated heterocycles. The Balaban J connectivity index is 1.86. The van der Waals surface area contributed by atoms with Gasteiger partial charge in [-0.25, -0.2) is 0 Å². The van der Waals surface area contributed by atoms with Crippen LogP contribution in [-0.2, 0) is 0 Å². The average Bonchev–Trinajstić information content (AvgIpc) is 2.72. The average molecular weight is 406 g/mol. The summed E-state index contributed by atoms with van der Waals surface area (Å²) in [5, 5.41) is 2.73. The first kappa shape index (κ1) is 14.7. The second-order valence-corrected chi connectivity index (χ2v) is 6.14. The lowest BCUT2D eigenvalue weighted by atomic mass is 10.1. The lowest BCUT2D eigenvalue weighted by molar-refractivity contribution is 0.0692. The lowest BCUT2D eigenvalue weighted by Gasteiger charge is -2.06. The van der Waals surface area contributed by atoms with Crippen molar-refractivity contribution >= 4 is 46.0 Å². The minimum atomic E-state index is -0.356. The largest absolute Gasteiger partial charge is 0.322 e. The molecular weight excluding hydrogens is 395 g/mol. The number of carbonyl (C=O) groups is 3. The van der Waals surface area contributed by atoms with Crippen molar-refractivity contribution in [1.29, 1.82) is 0 Å². The van der Waals surface area contributed by atoms with Crippen molar-refractivity contribution in [2.45, 2.75) is 0 Å². The van der Waals surface area contributed by atoms with Gasteiger partial charge in [0.05, 0.1) is 11.1 Å². The normalized spacial score (nSPS) is 13.3. The molecule has 0 fully saturated rings. The predicted molar refractivity (Wildman–Crippen MR) is 90.0 cm³/mol. The SMILES string of the molecule is CN1C(=O)c2ccc(NC(=O)c3ccc(I)cc3)cc2C1=O. The van der Waals surface area contributed by atoms with E-state index in [1.54, 1.807) is 24.3 Å². The molecule has 0 atom stereocenters. The Labute approximate surface area is 140 Å². The minimum absolute atomic E-state index is 0.263. The number of carbonyl (C=O) groups excluding carboxylic acids is 3. The van der Waals surface area contributed by atoms with E-state index in [4.69, 9.17) is 0 Å². The van der Waals surface area contributed by atoms with Gasteiger partial charge >= 0.3 is 0 Å². The van der Waals surface area contributed by atoms with Crippen LogP contribution < -0.4 is 5.32 Å². The van der Waals surface area contributed by atoms with Crippen molar-refractivity contribution in [3.05, 3.63) is 62.7 Å². The van der Waals surface area contributed by atoms with E-state index in [1.165, 1.54) is 13.1 Å². The van der Waals surface area contributed by atoms with E-state index in [9.17, 15) is 14.4 Å². The van der Waals surface area contributed by atoms with Gasteiger partial charge in [0.15, 0.2) is 0 Å². The van der Waals surface area contributed by atoms with Gasteiger partial charge in [-0.2, -0.15) is 0 Å². The molecule has 22 heavy (non-hydrogen) atoms. The topological polar surface area (TPSA) is 66.5 Å². The van der Waals surface area contributed by atoms with E-state index in [1.807, 2.05) is 12.1 Å². The third-order valence-electron chi connectivity index (χ3n) is 3.45. The van der Waals surface area contributed by atoms with Gasteiger partial charge in [0.1, 0.15) is 0 Å². The summed E-state index contributed by atoms with van der Waals surface area (Å²) >= 11 is 2.16. The Hall–Kier alpha value is -2.22. The van der Waals surface area contributed by atoms with Crippen LogP contribution in [0.1, 0.15) is 31.1 Å². The van der Waals surface area contributed by atoms with Crippen molar-refractivity contribution in [1.82, 2.24) is 4.90 Å². The van der Waals surface area contributed by atoms with E-state index >= 15 is 0 Å². The van der Waals surface area contributed by atoms with E-state index in [-0.39, 0.29) is 17.7 Å². The maximum Gasteiger partial charge on any atom is 0.261 e. The first-order valence-corrected chi connectivity index (χ1v) is 7.58. The van der Waals surface area contributed by atoms with Crippen LogP contribution in [0.4, 0.5) is 5.69 Å². The fourth-order valence-corrected chi connectivity index (χ4v) is 2.60. The summed E-state index contributed by atoms with van der Waals surface area (Å²) in [5.41, 5.74) is 1.69. The van der Waals surface area contributed by atoms with Crippen molar-refractivity contribution in [3.8, 4) is 0 Å². The van der Waals surface area contributed by atoms with Gasteiger partial charge in [0.2, 0.25) is 0 Å². The smallest absolute Gasteiger partial charge is 0.261 e. The highest BCUT2D eigenvalue weighted by atomic mass is 127. The summed E-state index contributed by atoms with van der Waals surface area (Å²) in [6.45, 7) is 0. The maximum atomic E-state index is 12.2. The first-order valence-electron chi connectivity index (χ1n) is 6.51. The van der Waals surface area contributed by atoms with Crippen LogP contribution in [0.5, 0.6) is 0 Å². The number of fused-ring (bicyclic) bond motifs is 1. The summed E-state index contributed by atoms with van der Waals surface area (Å²) in [5.74, 6) is -0.942. The Morgan fingerprint density at radius 2 is 1.64 bits per heavy atom.